The number of aromatic amines is 2. The van der Waals surface area contributed by atoms with Crippen LogP contribution in [0.5, 0.6) is 0 Å². The molecule has 9 nitrogen and oxygen atoms in total. The van der Waals surface area contributed by atoms with Gasteiger partial charge in [0.1, 0.15) is 11.2 Å². The van der Waals surface area contributed by atoms with Crippen molar-refractivity contribution in [3.05, 3.63) is 84.8 Å². The van der Waals surface area contributed by atoms with E-state index in [1.54, 1.807) is 30.7 Å². The van der Waals surface area contributed by atoms with E-state index in [0.29, 0.717) is 28.4 Å². The van der Waals surface area contributed by atoms with Crippen molar-refractivity contribution in [3.8, 4) is 22.6 Å². The number of nitrogens with zero attached hydrogens (tertiary/aromatic N) is 5. The number of imidazole rings is 1. The highest BCUT2D eigenvalue weighted by Crippen LogP contribution is 2.33. The number of anilines is 2. The molecule has 0 bridgehead atoms. The van der Waals surface area contributed by atoms with Gasteiger partial charge in [-0.2, -0.15) is 5.10 Å². The number of benzene rings is 2. The van der Waals surface area contributed by atoms with Crippen LogP contribution < -0.4 is 10.2 Å². The number of carbonyl (C=O) groups excluding carboxylic acids is 1. The Labute approximate surface area is 224 Å². The third kappa shape index (κ3) is 4.37. The molecule has 0 spiro atoms. The van der Waals surface area contributed by atoms with Crippen LogP contribution in [-0.2, 0) is 0 Å². The lowest BCUT2D eigenvalue weighted by molar-refractivity contribution is 0.102. The Hall–Kier alpha value is -5.05. The molecule has 0 unspecified atom stereocenters. The van der Waals surface area contributed by atoms with Gasteiger partial charge in [0, 0.05) is 42.2 Å². The van der Waals surface area contributed by atoms with Gasteiger partial charge in [0.15, 0.2) is 11.5 Å². The molecule has 39 heavy (non-hydrogen) atoms. The van der Waals surface area contributed by atoms with Crippen molar-refractivity contribution < 1.29 is 4.79 Å². The van der Waals surface area contributed by atoms with Gasteiger partial charge in [0.05, 0.1) is 28.5 Å². The second-order valence-corrected chi connectivity index (χ2v) is 9.78. The summed E-state index contributed by atoms with van der Waals surface area (Å²) in [5, 5.41) is 11.4. The van der Waals surface area contributed by atoms with Crippen molar-refractivity contribution in [2.24, 2.45) is 0 Å². The first-order valence-electron chi connectivity index (χ1n) is 13.1. The maximum Gasteiger partial charge on any atom is 0.255 e. The number of H-pyrrole nitrogens is 2. The highest BCUT2D eigenvalue weighted by atomic mass is 16.1. The molecule has 1 aliphatic heterocycles. The molecule has 0 aliphatic carbocycles. The minimum absolute atomic E-state index is 0.186. The van der Waals surface area contributed by atoms with Gasteiger partial charge in [-0.25, -0.2) is 9.97 Å². The standard InChI is InChI=1S/C30H26N8O/c39-30(19-8-3-1-4-9-19)33-22-14-20(16-31-18-22)21-15-23-26(36-37-28(23)32-17-21)29-34-24-10-7-11-25(27(24)35-29)38-12-5-2-6-13-38/h1,3-4,7-11,14-18H,2,5-6,12-13H2,(H,33,39)(H,34,35)(H,32,36,37). The molecule has 1 amide bonds. The summed E-state index contributed by atoms with van der Waals surface area (Å²) >= 11 is 0. The summed E-state index contributed by atoms with van der Waals surface area (Å²) in [5.41, 5.74) is 7.38. The Balaban J connectivity index is 1.22. The molecule has 5 heterocycles. The summed E-state index contributed by atoms with van der Waals surface area (Å²) in [6.45, 7) is 2.11. The van der Waals surface area contributed by atoms with Crippen LogP contribution in [0.2, 0.25) is 0 Å². The monoisotopic (exact) mass is 514 g/mol. The first-order valence-corrected chi connectivity index (χ1v) is 13.1. The van der Waals surface area contributed by atoms with E-state index >= 15 is 0 Å². The number of hydrogen-bond acceptors (Lipinski definition) is 6. The largest absolute Gasteiger partial charge is 0.370 e. The molecule has 1 saturated heterocycles. The summed E-state index contributed by atoms with van der Waals surface area (Å²) in [5.74, 6) is 0.510. The molecule has 7 rings (SSSR count). The van der Waals surface area contributed by atoms with E-state index < -0.39 is 0 Å². The number of rotatable bonds is 5. The van der Waals surface area contributed by atoms with Crippen molar-refractivity contribution in [1.82, 2.24) is 30.1 Å². The molecule has 3 N–H and O–H groups in total. The Morgan fingerprint density at radius 1 is 0.897 bits per heavy atom. The Bertz CT molecular complexity index is 1800. The number of piperidine rings is 1. The summed E-state index contributed by atoms with van der Waals surface area (Å²) < 4.78 is 0. The van der Waals surface area contributed by atoms with Crippen molar-refractivity contribution in [2.45, 2.75) is 19.3 Å². The van der Waals surface area contributed by atoms with Gasteiger partial charge in [-0.1, -0.05) is 24.3 Å². The van der Waals surface area contributed by atoms with Gasteiger partial charge in [0.25, 0.3) is 5.91 Å². The smallest absolute Gasteiger partial charge is 0.255 e. The average Bonchev–Trinajstić information content (AvgIpc) is 3.62. The van der Waals surface area contributed by atoms with Crippen molar-refractivity contribution >= 4 is 39.3 Å². The average molecular weight is 515 g/mol. The normalized spacial score (nSPS) is 13.7. The molecule has 9 heteroatoms. The molecule has 192 valence electrons. The predicted octanol–water partition coefficient (Wildman–Crippen LogP) is 5.81. The maximum absolute atomic E-state index is 12.6. The van der Waals surface area contributed by atoms with Crippen LogP contribution in [0.1, 0.15) is 29.6 Å². The number of fused-ring (bicyclic) bond motifs is 2. The number of hydrogen-bond donors (Lipinski definition) is 3. The zero-order chi connectivity index (χ0) is 26.2. The minimum Gasteiger partial charge on any atom is -0.370 e. The van der Waals surface area contributed by atoms with Crippen LogP contribution in [0.3, 0.4) is 0 Å². The summed E-state index contributed by atoms with van der Waals surface area (Å²) in [7, 11) is 0. The fraction of sp³-hybridized carbons (Fsp3) is 0.167. The van der Waals surface area contributed by atoms with Crippen molar-refractivity contribution in [3.63, 3.8) is 0 Å². The topological polar surface area (TPSA) is 115 Å². The SMILES string of the molecule is O=C(Nc1cncc(-c2cnc3[nH]nc(-c4nc5c(N6CCCCC6)cccc5[nH]4)c3c2)c1)c1ccccc1. The van der Waals surface area contributed by atoms with Gasteiger partial charge in [-0.15, -0.1) is 0 Å². The molecule has 6 aromatic rings. The van der Waals surface area contributed by atoms with E-state index in [2.05, 4.69) is 53.6 Å². The third-order valence-electron chi connectivity index (χ3n) is 7.19. The first kappa shape index (κ1) is 23.1. The van der Waals surface area contributed by atoms with E-state index in [1.165, 1.54) is 19.3 Å². The fourth-order valence-corrected chi connectivity index (χ4v) is 5.22. The summed E-state index contributed by atoms with van der Waals surface area (Å²) in [6.07, 6.45) is 8.86. The molecule has 4 aromatic heterocycles. The Morgan fingerprint density at radius 2 is 1.74 bits per heavy atom. The number of aromatic nitrogens is 6. The van der Waals surface area contributed by atoms with Crippen molar-refractivity contribution in [2.75, 3.05) is 23.3 Å². The lowest BCUT2D eigenvalue weighted by atomic mass is 10.1. The molecular weight excluding hydrogens is 488 g/mol. The lowest BCUT2D eigenvalue weighted by Crippen LogP contribution is -2.29. The van der Waals surface area contributed by atoms with E-state index in [4.69, 9.17) is 4.98 Å². The number of nitrogens with one attached hydrogen (secondary N) is 3. The van der Waals surface area contributed by atoms with E-state index in [0.717, 1.165) is 46.3 Å². The second kappa shape index (κ2) is 9.68. The van der Waals surface area contributed by atoms with Crippen molar-refractivity contribution in [1.29, 1.82) is 0 Å². The Kier molecular flexibility index (Phi) is 5.73. The number of amides is 1. The van der Waals surface area contributed by atoms with E-state index in [1.807, 2.05) is 30.3 Å². The van der Waals surface area contributed by atoms with Gasteiger partial charge in [-0.05, 0) is 55.7 Å². The molecule has 2 aromatic carbocycles. The number of carbonyl (C=O) groups is 1. The predicted molar refractivity (Wildman–Crippen MR) is 153 cm³/mol. The zero-order valence-corrected chi connectivity index (χ0v) is 21.2. The molecule has 1 aliphatic rings. The van der Waals surface area contributed by atoms with Gasteiger partial charge < -0.3 is 15.2 Å². The molecule has 0 atom stereocenters. The van der Waals surface area contributed by atoms with Crippen LogP contribution >= 0.6 is 0 Å². The highest BCUT2D eigenvalue weighted by Gasteiger charge is 2.19. The highest BCUT2D eigenvalue weighted by molar-refractivity contribution is 6.04. The number of para-hydroxylation sites is 1. The first-order chi connectivity index (χ1) is 19.2. The maximum atomic E-state index is 12.6. The quantitative estimate of drug-likeness (QED) is 0.268. The zero-order valence-electron chi connectivity index (χ0n) is 21.2. The van der Waals surface area contributed by atoms with Crippen LogP contribution in [-0.4, -0.2) is 49.1 Å². The minimum atomic E-state index is -0.186. The van der Waals surface area contributed by atoms with Crippen LogP contribution in [0.4, 0.5) is 11.4 Å². The molecule has 0 saturated carbocycles. The van der Waals surface area contributed by atoms with E-state index in [-0.39, 0.29) is 5.91 Å². The van der Waals surface area contributed by atoms with E-state index in [9.17, 15) is 4.79 Å². The van der Waals surface area contributed by atoms with Crippen LogP contribution in [0, 0.1) is 0 Å². The third-order valence-corrected chi connectivity index (χ3v) is 7.19. The summed E-state index contributed by atoms with van der Waals surface area (Å²) in [6, 6.07) is 19.3. The van der Waals surface area contributed by atoms with Gasteiger partial charge in [0.2, 0.25) is 0 Å². The van der Waals surface area contributed by atoms with Crippen LogP contribution in [0.15, 0.2) is 79.3 Å². The second-order valence-electron chi connectivity index (χ2n) is 9.78. The molecular formula is C30H26N8O. The van der Waals surface area contributed by atoms with Crippen LogP contribution in [0.25, 0.3) is 44.7 Å². The molecule has 0 radical (unpaired) electrons. The molecule has 1 fully saturated rings. The fourth-order valence-electron chi connectivity index (χ4n) is 5.22. The summed E-state index contributed by atoms with van der Waals surface area (Å²) in [4.78, 5) is 32.5. The Morgan fingerprint density at radius 3 is 2.62 bits per heavy atom. The number of pyridine rings is 2. The lowest BCUT2D eigenvalue weighted by Gasteiger charge is -2.28. The van der Waals surface area contributed by atoms with Gasteiger partial charge >= 0.3 is 0 Å². The van der Waals surface area contributed by atoms with Gasteiger partial charge in [-0.3, -0.25) is 14.9 Å².